The van der Waals surface area contributed by atoms with Gasteiger partial charge in [-0.15, -0.1) is 0 Å². The summed E-state index contributed by atoms with van der Waals surface area (Å²) >= 11 is 21.0. The molecule has 8 heteroatoms. The van der Waals surface area contributed by atoms with Gasteiger partial charge in [0.1, 0.15) is 0 Å². The summed E-state index contributed by atoms with van der Waals surface area (Å²) in [6, 6.07) is 13.4. The minimum Gasteiger partial charge on any atom is -0.331 e. The Labute approximate surface area is 182 Å². The van der Waals surface area contributed by atoms with E-state index in [9.17, 15) is 0 Å². The van der Waals surface area contributed by atoms with Crippen LogP contribution in [-0.4, -0.2) is 14.9 Å². The summed E-state index contributed by atoms with van der Waals surface area (Å²) < 4.78 is 3.01. The molecule has 0 atom stereocenters. The molecule has 3 rings (SSSR count). The normalized spacial score (nSPS) is 10.7. The summed E-state index contributed by atoms with van der Waals surface area (Å²) in [5.74, 6) is 0. The molecule has 4 nitrogen and oxygen atoms in total. The van der Waals surface area contributed by atoms with Crippen molar-refractivity contribution in [3.05, 3.63) is 73.9 Å². The first kappa shape index (κ1) is 20.1. The Kier molecular flexibility index (Phi) is 6.42. The highest BCUT2D eigenvalue weighted by molar-refractivity contribution is 9.10. The highest BCUT2D eigenvalue weighted by atomic mass is 79.9. The van der Waals surface area contributed by atoms with Crippen LogP contribution >= 0.6 is 51.3 Å². The predicted octanol–water partition coefficient (Wildman–Crippen LogP) is 6.43. The standard InChI is InChI=1S/C19H17BrCl2N4S/c1-11-18(24-19(27)23-17-8-7-15(21)9-16(17)22)12(2)26(25-11)10-13-3-5-14(20)6-4-13/h3-9H,10H2,1-2H3,(H2,23,24,27). The van der Waals surface area contributed by atoms with E-state index in [0.717, 1.165) is 21.5 Å². The molecule has 0 amide bonds. The number of hydrogen-bond acceptors (Lipinski definition) is 2. The second-order valence-electron chi connectivity index (χ2n) is 6.03. The zero-order chi connectivity index (χ0) is 19.6. The summed E-state index contributed by atoms with van der Waals surface area (Å²) in [5, 5.41) is 12.5. The minimum atomic E-state index is 0.439. The Bertz CT molecular complexity index is 986. The molecule has 140 valence electrons. The molecule has 0 saturated carbocycles. The maximum Gasteiger partial charge on any atom is 0.175 e. The van der Waals surface area contributed by atoms with Crippen molar-refractivity contribution in [2.75, 3.05) is 10.6 Å². The van der Waals surface area contributed by atoms with E-state index in [1.165, 1.54) is 5.56 Å². The number of hydrogen-bond donors (Lipinski definition) is 2. The van der Waals surface area contributed by atoms with E-state index < -0.39 is 0 Å². The first-order valence-electron chi connectivity index (χ1n) is 8.15. The van der Waals surface area contributed by atoms with Crippen LogP contribution in [0.1, 0.15) is 17.0 Å². The van der Waals surface area contributed by atoms with Crippen LogP contribution in [0, 0.1) is 13.8 Å². The molecule has 3 aromatic rings. The Balaban J connectivity index is 1.74. The van der Waals surface area contributed by atoms with E-state index in [4.69, 9.17) is 35.4 Å². The van der Waals surface area contributed by atoms with Crippen molar-refractivity contribution in [1.82, 2.24) is 9.78 Å². The highest BCUT2D eigenvalue weighted by Crippen LogP contribution is 2.26. The SMILES string of the molecule is Cc1nn(Cc2ccc(Br)cc2)c(C)c1NC(=S)Nc1ccc(Cl)cc1Cl. The molecule has 0 aliphatic rings. The van der Waals surface area contributed by atoms with Crippen LogP contribution in [0.25, 0.3) is 0 Å². The fourth-order valence-corrected chi connectivity index (χ4v) is 3.58. The quantitative estimate of drug-likeness (QED) is 0.419. The summed E-state index contributed by atoms with van der Waals surface area (Å²) in [5.41, 5.74) is 4.62. The first-order valence-corrected chi connectivity index (χ1v) is 10.1. The molecule has 2 N–H and O–H groups in total. The molecular formula is C19H17BrCl2N4S. The number of nitrogens with zero attached hydrogens (tertiary/aromatic N) is 2. The maximum absolute atomic E-state index is 6.19. The summed E-state index contributed by atoms with van der Waals surface area (Å²) in [7, 11) is 0. The number of rotatable bonds is 4. The zero-order valence-electron chi connectivity index (χ0n) is 14.7. The minimum absolute atomic E-state index is 0.439. The van der Waals surface area contributed by atoms with E-state index in [-0.39, 0.29) is 0 Å². The molecule has 2 aromatic carbocycles. The Morgan fingerprint density at radius 3 is 2.48 bits per heavy atom. The fourth-order valence-electron chi connectivity index (χ4n) is 2.65. The van der Waals surface area contributed by atoms with Gasteiger partial charge in [0, 0.05) is 9.50 Å². The molecular weight excluding hydrogens is 467 g/mol. The highest BCUT2D eigenvalue weighted by Gasteiger charge is 2.14. The first-order chi connectivity index (χ1) is 12.8. The Morgan fingerprint density at radius 1 is 1.11 bits per heavy atom. The van der Waals surface area contributed by atoms with Gasteiger partial charge in [0.2, 0.25) is 0 Å². The lowest BCUT2D eigenvalue weighted by Crippen LogP contribution is -2.20. The van der Waals surface area contributed by atoms with Gasteiger partial charge in [0.25, 0.3) is 0 Å². The monoisotopic (exact) mass is 482 g/mol. The lowest BCUT2D eigenvalue weighted by Gasteiger charge is -2.12. The van der Waals surface area contributed by atoms with E-state index in [2.05, 4.69) is 43.8 Å². The number of nitrogens with one attached hydrogen (secondary N) is 2. The molecule has 0 radical (unpaired) electrons. The molecule has 27 heavy (non-hydrogen) atoms. The van der Waals surface area contributed by atoms with Gasteiger partial charge >= 0.3 is 0 Å². The van der Waals surface area contributed by atoms with Gasteiger partial charge < -0.3 is 10.6 Å². The largest absolute Gasteiger partial charge is 0.331 e. The Morgan fingerprint density at radius 2 is 1.81 bits per heavy atom. The van der Waals surface area contributed by atoms with E-state index >= 15 is 0 Å². The van der Waals surface area contributed by atoms with Crippen molar-refractivity contribution in [3.8, 4) is 0 Å². The lowest BCUT2D eigenvalue weighted by molar-refractivity contribution is 0.659. The topological polar surface area (TPSA) is 41.9 Å². The number of halogens is 3. The van der Waals surface area contributed by atoms with E-state index in [1.807, 2.05) is 30.7 Å². The third-order valence-electron chi connectivity index (χ3n) is 4.04. The average molecular weight is 484 g/mol. The maximum atomic E-state index is 6.19. The zero-order valence-corrected chi connectivity index (χ0v) is 18.6. The van der Waals surface area contributed by atoms with Crippen LogP contribution in [-0.2, 0) is 6.54 Å². The second-order valence-corrected chi connectivity index (χ2v) is 8.20. The van der Waals surface area contributed by atoms with Gasteiger partial charge in [0.15, 0.2) is 5.11 Å². The number of anilines is 2. The van der Waals surface area contributed by atoms with Crippen LogP contribution in [0.5, 0.6) is 0 Å². The number of aryl methyl sites for hydroxylation is 1. The third-order valence-corrected chi connectivity index (χ3v) is 5.33. The number of thiocarbonyl (C=S) groups is 1. The fraction of sp³-hybridized carbons (Fsp3) is 0.158. The lowest BCUT2D eigenvalue weighted by atomic mass is 10.2. The van der Waals surface area contributed by atoms with Crippen molar-refractivity contribution in [2.45, 2.75) is 20.4 Å². The van der Waals surface area contributed by atoms with Crippen molar-refractivity contribution in [1.29, 1.82) is 0 Å². The van der Waals surface area contributed by atoms with Gasteiger partial charge in [-0.3, -0.25) is 4.68 Å². The van der Waals surface area contributed by atoms with Crippen molar-refractivity contribution >= 4 is 67.8 Å². The molecule has 0 spiro atoms. The summed E-state index contributed by atoms with van der Waals surface area (Å²) in [6.07, 6.45) is 0. The van der Waals surface area contributed by atoms with Gasteiger partial charge in [-0.05, 0) is 62.0 Å². The van der Waals surface area contributed by atoms with Gasteiger partial charge in [-0.25, -0.2) is 0 Å². The van der Waals surface area contributed by atoms with Crippen LogP contribution in [0.2, 0.25) is 10.0 Å². The van der Waals surface area contributed by atoms with E-state index in [0.29, 0.717) is 27.4 Å². The second kappa shape index (κ2) is 8.61. The smallest absolute Gasteiger partial charge is 0.175 e. The molecule has 1 aromatic heterocycles. The average Bonchev–Trinajstić information content (AvgIpc) is 2.87. The van der Waals surface area contributed by atoms with Crippen LogP contribution < -0.4 is 10.6 Å². The molecule has 1 heterocycles. The van der Waals surface area contributed by atoms with Gasteiger partial charge in [-0.1, -0.05) is 51.3 Å². The van der Waals surface area contributed by atoms with Gasteiger partial charge in [0.05, 0.1) is 34.3 Å². The third kappa shape index (κ3) is 5.02. The molecule has 0 aliphatic carbocycles. The summed E-state index contributed by atoms with van der Waals surface area (Å²) in [6.45, 7) is 4.65. The van der Waals surface area contributed by atoms with Crippen LogP contribution in [0.3, 0.4) is 0 Å². The molecule has 0 aliphatic heterocycles. The predicted molar refractivity (Wildman–Crippen MR) is 121 cm³/mol. The van der Waals surface area contributed by atoms with Crippen molar-refractivity contribution in [2.24, 2.45) is 0 Å². The molecule has 0 bridgehead atoms. The van der Waals surface area contributed by atoms with Gasteiger partial charge in [-0.2, -0.15) is 5.10 Å². The number of benzene rings is 2. The summed E-state index contributed by atoms with van der Waals surface area (Å²) in [4.78, 5) is 0. The van der Waals surface area contributed by atoms with E-state index in [1.54, 1.807) is 18.2 Å². The van der Waals surface area contributed by atoms with Crippen LogP contribution in [0.15, 0.2) is 46.9 Å². The molecule has 0 saturated heterocycles. The Hall–Kier alpha value is -1.60. The van der Waals surface area contributed by atoms with Crippen LogP contribution in [0.4, 0.5) is 11.4 Å². The molecule has 0 fully saturated rings. The number of aromatic nitrogens is 2. The molecule has 0 unspecified atom stereocenters. The van der Waals surface area contributed by atoms with Crippen molar-refractivity contribution < 1.29 is 0 Å². The van der Waals surface area contributed by atoms with Crippen molar-refractivity contribution in [3.63, 3.8) is 0 Å².